The highest BCUT2D eigenvalue weighted by Crippen LogP contribution is 2.36. The zero-order valence-corrected chi connectivity index (χ0v) is 19.0. The van der Waals surface area contributed by atoms with Crippen molar-refractivity contribution < 1.29 is 18.3 Å². The number of aromatic nitrogens is 2. The third-order valence-electron chi connectivity index (χ3n) is 5.98. The van der Waals surface area contributed by atoms with Crippen LogP contribution in [-0.2, 0) is 20.1 Å². The second-order valence-electron chi connectivity index (χ2n) is 8.40. The van der Waals surface area contributed by atoms with Crippen LogP contribution in [0.2, 0.25) is 0 Å². The normalized spacial score (nSPS) is 12.5. The largest absolute Gasteiger partial charge is 0.452 e. The van der Waals surface area contributed by atoms with Crippen LogP contribution >= 0.6 is 0 Å². The Morgan fingerprint density at radius 3 is 2.60 bits per heavy atom. The zero-order chi connectivity index (χ0) is 24.7. The zero-order valence-electron chi connectivity index (χ0n) is 19.0. The van der Waals surface area contributed by atoms with E-state index >= 15 is 0 Å². The van der Waals surface area contributed by atoms with Gasteiger partial charge >= 0.3 is 0 Å². The van der Waals surface area contributed by atoms with Gasteiger partial charge in [-0.1, -0.05) is 30.3 Å². The van der Waals surface area contributed by atoms with Crippen molar-refractivity contribution >= 4 is 5.91 Å². The van der Waals surface area contributed by atoms with Crippen LogP contribution in [0.5, 0.6) is 11.5 Å². The highest BCUT2D eigenvalue weighted by Gasteiger charge is 2.31. The lowest BCUT2D eigenvalue weighted by Crippen LogP contribution is -2.23. The van der Waals surface area contributed by atoms with Crippen LogP contribution in [-0.4, -0.2) is 20.6 Å². The Bertz CT molecular complexity index is 1520. The number of hydrogen-bond donors (Lipinski definition) is 0. The van der Waals surface area contributed by atoms with Gasteiger partial charge < -0.3 is 9.64 Å². The van der Waals surface area contributed by atoms with Gasteiger partial charge in [-0.05, 0) is 42.3 Å². The molecule has 1 amide bonds. The monoisotopic (exact) mass is 470 g/mol. The molecule has 0 atom stereocenters. The van der Waals surface area contributed by atoms with E-state index in [1.54, 1.807) is 53.2 Å². The van der Waals surface area contributed by atoms with Crippen molar-refractivity contribution in [3.63, 3.8) is 0 Å². The SMILES string of the molecule is Cc1nn(C)cc1-c1ccc(CN2Cc3cccc(Oc4c(F)cccc4C#N)c3C2=O)cc1F. The van der Waals surface area contributed by atoms with Crippen LogP contribution in [0.1, 0.15) is 32.7 Å². The molecule has 3 aromatic carbocycles. The molecule has 0 bridgehead atoms. The topological polar surface area (TPSA) is 71.2 Å². The molecule has 174 valence electrons. The Labute approximate surface area is 200 Å². The average molecular weight is 470 g/mol. The first-order chi connectivity index (χ1) is 16.9. The number of ether oxygens (including phenoxy) is 1. The van der Waals surface area contributed by atoms with Crippen LogP contribution in [0.25, 0.3) is 11.1 Å². The summed E-state index contributed by atoms with van der Waals surface area (Å²) in [5, 5.41) is 13.6. The van der Waals surface area contributed by atoms with E-state index in [2.05, 4.69) is 5.10 Å². The summed E-state index contributed by atoms with van der Waals surface area (Å²) < 4.78 is 36.7. The van der Waals surface area contributed by atoms with Crippen molar-refractivity contribution in [2.45, 2.75) is 20.0 Å². The molecule has 1 aliphatic heterocycles. The summed E-state index contributed by atoms with van der Waals surface area (Å²) in [7, 11) is 1.78. The summed E-state index contributed by atoms with van der Waals surface area (Å²) in [5.41, 5.74) is 3.58. The maximum absolute atomic E-state index is 15.0. The van der Waals surface area contributed by atoms with E-state index in [1.807, 2.05) is 13.0 Å². The van der Waals surface area contributed by atoms with E-state index in [0.717, 1.165) is 5.69 Å². The van der Waals surface area contributed by atoms with E-state index in [0.29, 0.717) is 34.4 Å². The number of nitrogens with zero attached hydrogens (tertiary/aromatic N) is 4. The third kappa shape index (κ3) is 4.02. The fraction of sp³-hybridized carbons (Fsp3) is 0.148. The van der Waals surface area contributed by atoms with Gasteiger partial charge in [-0.2, -0.15) is 10.4 Å². The number of carbonyl (C=O) groups excluding carboxylic acids is 1. The molecule has 6 nitrogen and oxygen atoms in total. The number of rotatable bonds is 5. The van der Waals surface area contributed by atoms with Crippen LogP contribution < -0.4 is 4.74 Å². The number of carbonyl (C=O) groups is 1. The fourth-order valence-electron chi connectivity index (χ4n) is 4.37. The molecule has 1 aliphatic rings. The molecular weight excluding hydrogens is 450 g/mol. The number of amides is 1. The first kappa shape index (κ1) is 22.3. The molecule has 35 heavy (non-hydrogen) atoms. The van der Waals surface area contributed by atoms with Crippen molar-refractivity contribution in [2.75, 3.05) is 0 Å². The van der Waals surface area contributed by atoms with Gasteiger partial charge in [0.15, 0.2) is 11.6 Å². The fourth-order valence-corrected chi connectivity index (χ4v) is 4.37. The highest BCUT2D eigenvalue weighted by atomic mass is 19.1. The Balaban J connectivity index is 1.40. The van der Waals surface area contributed by atoms with Gasteiger partial charge in [0.25, 0.3) is 5.91 Å². The Kier molecular flexibility index (Phi) is 5.53. The lowest BCUT2D eigenvalue weighted by Gasteiger charge is -2.16. The van der Waals surface area contributed by atoms with Gasteiger partial charge in [-0.15, -0.1) is 0 Å². The van der Waals surface area contributed by atoms with Crippen LogP contribution in [0.4, 0.5) is 8.78 Å². The van der Waals surface area contributed by atoms with Gasteiger partial charge in [-0.3, -0.25) is 9.48 Å². The number of benzene rings is 3. The van der Waals surface area contributed by atoms with Gasteiger partial charge in [0.1, 0.15) is 17.6 Å². The predicted molar refractivity (Wildman–Crippen MR) is 125 cm³/mol. The summed E-state index contributed by atoms with van der Waals surface area (Å²) in [6.07, 6.45) is 1.77. The number of fused-ring (bicyclic) bond motifs is 1. The Morgan fingerprint density at radius 1 is 1.09 bits per heavy atom. The number of hydrogen-bond acceptors (Lipinski definition) is 4. The maximum atomic E-state index is 15.0. The predicted octanol–water partition coefficient (Wildman–Crippen LogP) is 5.49. The van der Waals surface area contributed by atoms with E-state index in [-0.39, 0.29) is 29.5 Å². The van der Waals surface area contributed by atoms with Crippen molar-refractivity contribution in [1.29, 1.82) is 5.26 Å². The van der Waals surface area contributed by atoms with Crippen molar-refractivity contribution in [3.05, 3.63) is 100 Å². The molecule has 0 fully saturated rings. The minimum Gasteiger partial charge on any atom is -0.452 e. The number of nitriles is 1. The molecule has 2 heterocycles. The second kappa shape index (κ2) is 8.69. The molecule has 0 saturated carbocycles. The molecule has 4 aromatic rings. The van der Waals surface area contributed by atoms with Crippen molar-refractivity contribution in [1.82, 2.24) is 14.7 Å². The quantitative estimate of drug-likeness (QED) is 0.387. The molecule has 0 aliphatic carbocycles. The molecule has 0 N–H and O–H groups in total. The van der Waals surface area contributed by atoms with Crippen molar-refractivity contribution in [3.8, 4) is 28.7 Å². The maximum Gasteiger partial charge on any atom is 0.258 e. The molecule has 0 radical (unpaired) electrons. The van der Waals surface area contributed by atoms with Gasteiger partial charge in [-0.25, -0.2) is 8.78 Å². The smallest absolute Gasteiger partial charge is 0.258 e. The van der Waals surface area contributed by atoms with Gasteiger partial charge in [0, 0.05) is 37.5 Å². The van der Waals surface area contributed by atoms with E-state index < -0.39 is 11.6 Å². The number of para-hydroxylation sites is 1. The van der Waals surface area contributed by atoms with Gasteiger partial charge in [0.05, 0.1) is 16.8 Å². The summed E-state index contributed by atoms with van der Waals surface area (Å²) in [6, 6.07) is 15.9. The highest BCUT2D eigenvalue weighted by molar-refractivity contribution is 6.01. The Hall–Kier alpha value is -4.51. The molecular formula is C27H20F2N4O2. The minimum atomic E-state index is -0.691. The lowest BCUT2D eigenvalue weighted by atomic mass is 10.0. The number of halogens is 2. The number of aryl methyl sites for hydroxylation is 2. The summed E-state index contributed by atoms with van der Waals surface area (Å²) in [6.45, 7) is 2.32. The van der Waals surface area contributed by atoms with E-state index in [4.69, 9.17) is 4.74 Å². The third-order valence-corrected chi connectivity index (χ3v) is 5.98. The molecule has 5 rings (SSSR count). The lowest BCUT2D eigenvalue weighted by molar-refractivity contribution is 0.0764. The standard InChI is InChI=1S/C27H20F2N4O2/c1-16-21(15-32(2)31-16)20-10-9-17(11-23(20)29)13-33-14-19-6-4-8-24(25(19)27(33)34)35-26-18(12-30)5-3-7-22(26)28/h3-11,15H,13-14H2,1-2H3. The summed E-state index contributed by atoms with van der Waals surface area (Å²) in [5.74, 6) is -1.44. The van der Waals surface area contributed by atoms with Crippen LogP contribution in [0, 0.1) is 29.9 Å². The molecule has 1 aromatic heterocycles. The van der Waals surface area contributed by atoms with Crippen LogP contribution in [0.15, 0.2) is 60.8 Å². The first-order valence-corrected chi connectivity index (χ1v) is 10.9. The second-order valence-corrected chi connectivity index (χ2v) is 8.40. The minimum absolute atomic E-state index is 0.0318. The van der Waals surface area contributed by atoms with Gasteiger partial charge in [0.2, 0.25) is 0 Å². The Morgan fingerprint density at radius 2 is 1.89 bits per heavy atom. The summed E-state index contributed by atoms with van der Waals surface area (Å²) >= 11 is 0. The molecule has 0 unspecified atom stereocenters. The molecule has 0 saturated heterocycles. The van der Waals surface area contributed by atoms with Crippen molar-refractivity contribution in [2.24, 2.45) is 7.05 Å². The molecule has 8 heteroatoms. The van der Waals surface area contributed by atoms with E-state index in [9.17, 15) is 18.8 Å². The average Bonchev–Trinajstić information content (AvgIpc) is 3.33. The molecule has 0 spiro atoms. The first-order valence-electron chi connectivity index (χ1n) is 10.9. The van der Waals surface area contributed by atoms with Crippen LogP contribution in [0.3, 0.4) is 0 Å². The van der Waals surface area contributed by atoms with E-state index in [1.165, 1.54) is 24.3 Å². The summed E-state index contributed by atoms with van der Waals surface area (Å²) in [4.78, 5) is 14.8.